The van der Waals surface area contributed by atoms with E-state index in [9.17, 15) is 18.0 Å². The van der Waals surface area contributed by atoms with Crippen molar-refractivity contribution in [2.24, 2.45) is 0 Å². The first-order valence-electron chi connectivity index (χ1n) is 9.30. The molecule has 1 aromatic heterocycles. The number of hydrogen-bond acceptors (Lipinski definition) is 4. The molecule has 1 aliphatic heterocycles. The first-order chi connectivity index (χ1) is 14.7. The van der Waals surface area contributed by atoms with E-state index in [-0.39, 0.29) is 29.3 Å². The van der Waals surface area contributed by atoms with E-state index in [0.717, 1.165) is 0 Å². The van der Waals surface area contributed by atoms with Gasteiger partial charge in [-0.25, -0.2) is 17.9 Å². The van der Waals surface area contributed by atoms with Crippen LogP contribution in [-0.4, -0.2) is 28.3 Å². The molecule has 0 unspecified atom stereocenters. The minimum absolute atomic E-state index is 0.0622. The molecule has 2 heterocycles. The zero-order chi connectivity index (χ0) is 22.3. The molecule has 0 fully saturated rings. The zero-order valence-electron chi connectivity index (χ0n) is 16.6. The Morgan fingerprint density at radius 1 is 1.13 bits per heavy atom. The Labute approximate surface area is 175 Å². The van der Waals surface area contributed by atoms with Crippen LogP contribution in [0.3, 0.4) is 0 Å². The number of fused-ring (bicyclic) bond motifs is 1. The Morgan fingerprint density at radius 2 is 1.84 bits per heavy atom. The molecule has 0 radical (unpaired) electrons. The standard InChI is InChI=1S/C22H17F3N4O2/c1-11-7-12(2)29(28-11)22(26)27-21(30)13-3-4-19-16(8-13)15(5-6-31-19)20-17(24)9-14(23)10-18(20)25/h3-5,7-10H,6H2,1-2H3,(H2,26,27,30). The molecule has 1 amide bonds. The highest BCUT2D eigenvalue weighted by atomic mass is 19.1. The molecule has 158 valence electrons. The van der Waals surface area contributed by atoms with Gasteiger partial charge in [-0.2, -0.15) is 5.10 Å². The molecule has 0 aliphatic carbocycles. The van der Waals surface area contributed by atoms with Crippen molar-refractivity contribution in [2.75, 3.05) is 6.61 Å². The maximum absolute atomic E-state index is 14.4. The third kappa shape index (κ3) is 3.81. The molecule has 2 aromatic carbocycles. The van der Waals surface area contributed by atoms with Gasteiger partial charge < -0.3 is 4.74 Å². The first-order valence-corrected chi connectivity index (χ1v) is 9.30. The van der Waals surface area contributed by atoms with Gasteiger partial charge in [0.25, 0.3) is 5.91 Å². The van der Waals surface area contributed by atoms with Crippen molar-refractivity contribution in [3.05, 3.63) is 88.0 Å². The van der Waals surface area contributed by atoms with Gasteiger partial charge in [0.1, 0.15) is 29.8 Å². The van der Waals surface area contributed by atoms with Crippen LogP contribution in [0.25, 0.3) is 5.57 Å². The van der Waals surface area contributed by atoms with Crippen molar-refractivity contribution in [2.45, 2.75) is 13.8 Å². The van der Waals surface area contributed by atoms with Crippen molar-refractivity contribution in [3.8, 4) is 5.75 Å². The molecular formula is C22H17F3N4O2. The third-order valence-corrected chi connectivity index (χ3v) is 4.79. The second kappa shape index (κ2) is 7.75. The molecule has 0 spiro atoms. The number of benzene rings is 2. The van der Waals surface area contributed by atoms with Gasteiger partial charge in [0.15, 0.2) is 0 Å². The summed E-state index contributed by atoms with van der Waals surface area (Å²) in [6.45, 7) is 3.58. The molecule has 6 nitrogen and oxygen atoms in total. The Morgan fingerprint density at radius 3 is 2.48 bits per heavy atom. The monoisotopic (exact) mass is 426 g/mol. The van der Waals surface area contributed by atoms with Gasteiger partial charge in [0.05, 0.1) is 11.3 Å². The topological polar surface area (TPSA) is 80.0 Å². The highest BCUT2D eigenvalue weighted by Gasteiger charge is 2.24. The number of nitrogens with one attached hydrogen (secondary N) is 2. The number of amides is 1. The van der Waals surface area contributed by atoms with E-state index in [0.29, 0.717) is 29.3 Å². The fourth-order valence-electron chi connectivity index (χ4n) is 3.46. The van der Waals surface area contributed by atoms with Crippen LogP contribution in [0, 0.1) is 36.7 Å². The molecule has 3 aromatic rings. The van der Waals surface area contributed by atoms with Crippen molar-refractivity contribution >= 4 is 17.4 Å². The zero-order valence-corrected chi connectivity index (χ0v) is 16.6. The lowest BCUT2D eigenvalue weighted by atomic mass is 9.93. The second-order valence-corrected chi connectivity index (χ2v) is 7.03. The van der Waals surface area contributed by atoms with E-state index in [1.165, 1.54) is 29.0 Å². The summed E-state index contributed by atoms with van der Waals surface area (Å²) < 4.78 is 48.8. The molecule has 0 atom stereocenters. The molecule has 0 bridgehead atoms. The lowest BCUT2D eigenvalue weighted by molar-refractivity contribution is 0.0975. The molecule has 0 saturated carbocycles. The summed E-state index contributed by atoms with van der Waals surface area (Å²) in [5, 5.41) is 14.7. The van der Waals surface area contributed by atoms with E-state index in [1.807, 2.05) is 0 Å². The number of carbonyl (C=O) groups excluding carboxylic acids is 1. The van der Waals surface area contributed by atoms with Gasteiger partial charge in [-0.15, -0.1) is 0 Å². The number of aromatic nitrogens is 2. The van der Waals surface area contributed by atoms with E-state index in [1.54, 1.807) is 19.9 Å². The Bertz CT molecular complexity index is 1240. The van der Waals surface area contributed by atoms with Gasteiger partial charge in [0.2, 0.25) is 5.96 Å². The van der Waals surface area contributed by atoms with Crippen LogP contribution in [0.4, 0.5) is 13.2 Å². The highest BCUT2D eigenvalue weighted by Crippen LogP contribution is 2.37. The quantitative estimate of drug-likeness (QED) is 0.481. The van der Waals surface area contributed by atoms with Crippen LogP contribution in [0.15, 0.2) is 42.5 Å². The lowest BCUT2D eigenvalue weighted by Crippen LogP contribution is -2.36. The van der Waals surface area contributed by atoms with Crippen molar-refractivity contribution < 1.29 is 22.7 Å². The van der Waals surface area contributed by atoms with Crippen LogP contribution in [0.5, 0.6) is 5.75 Å². The third-order valence-electron chi connectivity index (χ3n) is 4.79. The Hall–Kier alpha value is -3.88. The van der Waals surface area contributed by atoms with Crippen LogP contribution >= 0.6 is 0 Å². The van der Waals surface area contributed by atoms with Crippen molar-refractivity contribution in [3.63, 3.8) is 0 Å². The normalized spacial score (nSPS) is 12.6. The minimum atomic E-state index is -1.06. The van der Waals surface area contributed by atoms with E-state index in [4.69, 9.17) is 10.1 Å². The predicted octanol–water partition coefficient (Wildman–Crippen LogP) is 3.95. The summed E-state index contributed by atoms with van der Waals surface area (Å²) in [6.07, 6.45) is 1.46. The van der Waals surface area contributed by atoms with Gasteiger partial charge in [-0.3, -0.25) is 15.5 Å². The summed E-state index contributed by atoms with van der Waals surface area (Å²) in [5.74, 6) is -3.66. The van der Waals surface area contributed by atoms with Gasteiger partial charge in [0, 0.05) is 29.0 Å². The van der Waals surface area contributed by atoms with E-state index < -0.39 is 28.9 Å². The fourth-order valence-corrected chi connectivity index (χ4v) is 3.46. The summed E-state index contributed by atoms with van der Waals surface area (Å²) in [6, 6.07) is 7.35. The predicted molar refractivity (Wildman–Crippen MR) is 108 cm³/mol. The van der Waals surface area contributed by atoms with Crippen molar-refractivity contribution in [1.29, 1.82) is 5.41 Å². The number of hydrogen-bond donors (Lipinski definition) is 2. The average molecular weight is 426 g/mol. The number of halogens is 3. The van der Waals surface area contributed by atoms with Crippen LogP contribution in [0.2, 0.25) is 0 Å². The summed E-state index contributed by atoms with van der Waals surface area (Å²) >= 11 is 0. The minimum Gasteiger partial charge on any atom is -0.489 e. The first kappa shape index (κ1) is 20.4. The molecular weight excluding hydrogens is 409 g/mol. The maximum atomic E-state index is 14.4. The van der Waals surface area contributed by atoms with E-state index in [2.05, 4.69) is 10.4 Å². The Kier molecular flexibility index (Phi) is 5.10. The number of carbonyl (C=O) groups is 1. The molecule has 2 N–H and O–H groups in total. The largest absolute Gasteiger partial charge is 0.489 e. The number of ether oxygens (including phenoxy) is 1. The van der Waals surface area contributed by atoms with Gasteiger partial charge >= 0.3 is 0 Å². The van der Waals surface area contributed by atoms with E-state index >= 15 is 0 Å². The van der Waals surface area contributed by atoms with Gasteiger partial charge in [-0.1, -0.05) is 0 Å². The smallest absolute Gasteiger partial charge is 0.258 e. The number of aryl methyl sites for hydroxylation is 2. The second-order valence-electron chi connectivity index (χ2n) is 7.03. The summed E-state index contributed by atoms with van der Waals surface area (Å²) in [7, 11) is 0. The fraction of sp³-hybridized carbons (Fsp3) is 0.136. The van der Waals surface area contributed by atoms with Crippen molar-refractivity contribution in [1.82, 2.24) is 15.1 Å². The molecule has 31 heavy (non-hydrogen) atoms. The molecule has 4 rings (SSSR count). The average Bonchev–Trinajstić information content (AvgIpc) is 3.05. The molecule has 1 aliphatic rings. The van der Waals surface area contributed by atoms with Crippen LogP contribution in [-0.2, 0) is 0 Å². The van der Waals surface area contributed by atoms with Crippen LogP contribution < -0.4 is 10.1 Å². The van der Waals surface area contributed by atoms with Crippen LogP contribution in [0.1, 0.15) is 32.9 Å². The number of nitrogens with zero attached hydrogens (tertiary/aromatic N) is 2. The maximum Gasteiger partial charge on any atom is 0.258 e. The molecule has 9 heteroatoms. The summed E-state index contributed by atoms with van der Waals surface area (Å²) in [4.78, 5) is 12.7. The Balaban J connectivity index is 1.67. The lowest BCUT2D eigenvalue weighted by Gasteiger charge is -2.20. The van der Waals surface area contributed by atoms with Gasteiger partial charge in [-0.05, 0) is 49.8 Å². The molecule has 0 saturated heterocycles. The highest BCUT2D eigenvalue weighted by molar-refractivity contribution is 6.06. The number of rotatable bonds is 2. The SMILES string of the molecule is Cc1cc(C)n(C(=N)NC(=O)c2ccc3c(c2)C(c2c(F)cc(F)cc2F)=CCO3)n1. The summed E-state index contributed by atoms with van der Waals surface area (Å²) in [5.41, 5.74) is 1.54.